The van der Waals surface area contributed by atoms with Crippen LogP contribution in [-0.2, 0) is 6.61 Å². The van der Waals surface area contributed by atoms with Gasteiger partial charge >= 0.3 is 5.91 Å². The Bertz CT molecular complexity index is 1330. The smallest absolute Gasteiger partial charge is 0.307 e. The summed E-state index contributed by atoms with van der Waals surface area (Å²) in [5.74, 6) is 1.70. The topological polar surface area (TPSA) is 82.3 Å². The first-order valence-electron chi connectivity index (χ1n) is 11.5. The molecule has 0 bridgehead atoms. The molecule has 3 aromatic carbocycles. The first-order valence-corrected chi connectivity index (χ1v) is 11.5. The molecule has 0 saturated heterocycles. The van der Waals surface area contributed by atoms with Gasteiger partial charge in [-0.15, -0.1) is 0 Å². The fourth-order valence-electron chi connectivity index (χ4n) is 3.45. The van der Waals surface area contributed by atoms with Gasteiger partial charge in [-0.1, -0.05) is 29.8 Å². The molecular weight excluding hydrogens is 444 g/mol. The van der Waals surface area contributed by atoms with Gasteiger partial charge in [0, 0.05) is 5.39 Å². The SMILES string of the molecule is CCOc1ccc2oc(C(=O)N/N=C/c3ccc(OCc4ccc(C)cc4)c(OCC)c3)cc2c1. The van der Waals surface area contributed by atoms with Crippen LogP contribution in [0.5, 0.6) is 17.2 Å². The number of rotatable bonds is 10. The minimum Gasteiger partial charge on any atom is -0.494 e. The molecule has 4 rings (SSSR count). The number of carbonyl (C=O) groups excluding carboxylic acids is 1. The molecule has 0 radical (unpaired) electrons. The summed E-state index contributed by atoms with van der Waals surface area (Å²) in [7, 11) is 0. The van der Waals surface area contributed by atoms with Crippen molar-refractivity contribution < 1.29 is 23.4 Å². The number of hydrogen-bond acceptors (Lipinski definition) is 6. The van der Waals surface area contributed by atoms with Crippen LogP contribution in [0.4, 0.5) is 0 Å². The lowest BCUT2D eigenvalue weighted by atomic mass is 10.2. The minimum absolute atomic E-state index is 0.167. The van der Waals surface area contributed by atoms with Crippen molar-refractivity contribution in [3.8, 4) is 17.2 Å². The Balaban J connectivity index is 1.40. The second kappa shape index (κ2) is 11.2. The Hall–Kier alpha value is -4.26. The van der Waals surface area contributed by atoms with E-state index in [4.69, 9.17) is 18.6 Å². The van der Waals surface area contributed by atoms with Gasteiger partial charge < -0.3 is 18.6 Å². The normalized spacial score (nSPS) is 11.1. The number of nitrogens with one attached hydrogen (secondary N) is 1. The van der Waals surface area contributed by atoms with E-state index >= 15 is 0 Å². The van der Waals surface area contributed by atoms with E-state index in [2.05, 4.69) is 29.6 Å². The zero-order valence-electron chi connectivity index (χ0n) is 20.0. The van der Waals surface area contributed by atoms with Gasteiger partial charge in [0.1, 0.15) is 17.9 Å². The lowest BCUT2D eigenvalue weighted by molar-refractivity contribution is 0.0929. The quantitative estimate of drug-likeness (QED) is 0.230. The standard InChI is InChI=1S/C28H28N2O5/c1-4-32-23-11-13-24-22(15-23)16-27(35-24)28(31)30-29-17-21-10-12-25(26(14-21)33-5-2)34-18-20-8-6-19(3)7-9-20/h6-17H,4-5,18H2,1-3H3,(H,30,31)/b29-17+. The highest BCUT2D eigenvalue weighted by molar-refractivity contribution is 5.96. The number of hydrogen-bond donors (Lipinski definition) is 1. The number of furan rings is 1. The molecule has 0 aliphatic carbocycles. The summed E-state index contributed by atoms with van der Waals surface area (Å²) in [5.41, 5.74) is 6.13. The molecule has 7 nitrogen and oxygen atoms in total. The van der Waals surface area contributed by atoms with Gasteiger partial charge in [-0.3, -0.25) is 4.79 Å². The summed E-state index contributed by atoms with van der Waals surface area (Å²) < 4.78 is 22.8. The maximum Gasteiger partial charge on any atom is 0.307 e. The molecule has 1 heterocycles. The van der Waals surface area contributed by atoms with E-state index in [1.54, 1.807) is 24.4 Å². The summed E-state index contributed by atoms with van der Waals surface area (Å²) in [6, 6.07) is 20.8. The highest BCUT2D eigenvalue weighted by atomic mass is 16.5. The number of ether oxygens (including phenoxy) is 3. The number of fused-ring (bicyclic) bond motifs is 1. The van der Waals surface area contributed by atoms with Gasteiger partial charge in [0.25, 0.3) is 0 Å². The Kier molecular flexibility index (Phi) is 7.67. The predicted molar refractivity (Wildman–Crippen MR) is 136 cm³/mol. The summed E-state index contributed by atoms with van der Waals surface area (Å²) in [5, 5.41) is 4.85. The Morgan fingerprint density at radius 1 is 0.914 bits per heavy atom. The molecule has 1 N–H and O–H groups in total. The molecule has 0 aliphatic rings. The van der Waals surface area contributed by atoms with Crippen LogP contribution >= 0.6 is 0 Å². The molecule has 1 aromatic heterocycles. The lowest BCUT2D eigenvalue weighted by Gasteiger charge is -2.12. The van der Waals surface area contributed by atoms with E-state index < -0.39 is 5.91 Å². The van der Waals surface area contributed by atoms with Crippen molar-refractivity contribution in [1.82, 2.24) is 5.43 Å². The molecule has 1 amide bonds. The van der Waals surface area contributed by atoms with E-state index in [-0.39, 0.29) is 5.76 Å². The highest BCUT2D eigenvalue weighted by Gasteiger charge is 2.12. The zero-order chi connectivity index (χ0) is 24.6. The third-order valence-corrected chi connectivity index (χ3v) is 5.18. The summed E-state index contributed by atoms with van der Waals surface area (Å²) in [6.07, 6.45) is 1.54. The van der Waals surface area contributed by atoms with Crippen LogP contribution < -0.4 is 19.6 Å². The third-order valence-electron chi connectivity index (χ3n) is 5.18. The van der Waals surface area contributed by atoms with Crippen molar-refractivity contribution in [2.45, 2.75) is 27.4 Å². The van der Waals surface area contributed by atoms with Crippen LogP contribution in [0, 0.1) is 6.92 Å². The van der Waals surface area contributed by atoms with Crippen molar-refractivity contribution in [1.29, 1.82) is 0 Å². The summed E-state index contributed by atoms with van der Waals surface area (Å²) in [6.45, 7) is 7.38. The molecule has 0 unspecified atom stereocenters. The van der Waals surface area contributed by atoms with E-state index in [0.29, 0.717) is 36.9 Å². The molecule has 4 aromatic rings. The molecular formula is C28H28N2O5. The van der Waals surface area contributed by atoms with Gasteiger partial charge in [0.15, 0.2) is 17.3 Å². The maximum absolute atomic E-state index is 12.5. The Morgan fingerprint density at radius 3 is 2.49 bits per heavy atom. The average Bonchev–Trinajstić information content (AvgIpc) is 3.29. The molecule has 35 heavy (non-hydrogen) atoms. The van der Waals surface area contributed by atoms with Crippen molar-refractivity contribution in [2.24, 2.45) is 5.10 Å². The second-order valence-electron chi connectivity index (χ2n) is 7.86. The van der Waals surface area contributed by atoms with Crippen LogP contribution in [0.25, 0.3) is 11.0 Å². The van der Waals surface area contributed by atoms with Gasteiger partial charge in [-0.25, -0.2) is 5.43 Å². The molecule has 0 fully saturated rings. The molecule has 0 aliphatic heterocycles. The average molecular weight is 473 g/mol. The number of aryl methyl sites for hydroxylation is 1. The van der Waals surface area contributed by atoms with E-state index in [1.165, 1.54) is 5.56 Å². The van der Waals surface area contributed by atoms with Crippen LogP contribution in [0.3, 0.4) is 0 Å². The van der Waals surface area contributed by atoms with Gasteiger partial charge in [-0.2, -0.15) is 5.10 Å². The van der Waals surface area contributed by atoms with Crippen molar-refractivity contribution in [2.75, 3.05) is 13.2 Å². The highest BCUT2D eigenvalue weighted by Crippen LogP contribution is 2.29. The largest absolute Gasteiger partial charge is 0.494 e. The fourth-order valence-corrected chi connectivity index (χ4v) is 3.45. The number of hydrazone groups is 1. The number of benzene rings is 3. The molecule has 180 valence electrons. The first kappa shape index (κ1) is 23.9. The van der Waals surface area contributed by atoms with Crippen molar-refractivity contribution in [3.05, 3.63) is 89.2 Å². The van der Waals surface area contributed by atoms with Crippen LogP contribution in [-0.4, -0.2) is 25.3 Å². The molecule has 0 spiro atoms. The van der Waals surface area contributed by atoms with Gasteiger partial charge in [0.05, 0.1) is 19.4 Å². The van der Waals surface area contributed by atoms with Gasteiger partial charge in [0.2, 0.25) is 0 Å². The van der Waals surface area contributed by atoms with Crippen molar-refractivity contribution in [3.63, 3.8) is 0 Å². The van der Waals surface area contributed by atoms with Crippen LogP contribution in [0.1, 0.15) is 41.1 Å². The lowest BCUT2D eigenvalue weighted by Crippen LogP contribution is -2.16. The Labute approximate surface area is 204 Å². The molecule has 0 saturated carbocycles. The van der Waals surface area contributed by atoms with E-state index in [9.17, 15) is 4.79 Å². The summed E-state index contributed by atoms with van der Waals surface area (Å²) in [4.78, 5) is 12.5. The molecule has 0 atom stereocenters. The van der Waals surface area contributed by atoms with E-state index in [1.807, 2.05) is 50.2 Å². The van der Waals surface area contributed by atoms with Crippen molar-refractivity contribution >= 4 is 23.1 Å². The minimum atomic E-state index is -0.446. The Morgan fingerprint density at radius 2 is 1.71 bits per heavy atom. The van der Waals surface area contributed by atoms with Crippen LogP contribution in [0.15, 0.2) is 76.2 Å². The molecule has 7 heteroatoms. The maximum atomic E-state index is 12.5. The predicted octanol–water partition coefficient (Wildman–Crippen LogP) is 5.88. The zero-order valence-corrected chi connectivity index (χ0v) is 20.0. The first-order chi connectivity index (χ1) is 17.1. The number of amides is 1. The monoisotopic (exact) mass is 472 g/mol. The summed E-state index contributed by atoms with van der Waals surface area (Å²) >= 11 is 0. The fraction of sp³-hybridized carbons (Fsp3) is 0.214. The van der Waals surface area contributed by atoms with Gasteiger partial charge in [-0.05, 0) is 74.4 Å². The van der Waals surface area contributed by atoms with Crippen LogP contribution in [0.2, 0.25) is 0 Å². The second-order valence-corrected chi connectivity index (χ2v) is 7.86. The number of carbonyl (C=O) groups is 1. The van der Waals surface area contributed by atoms with E-state index in [0.717, 1.165) is 22.3 Å². The number of nitrogens with zero attached hydrogens (tertiary/aromatic N) is 1. The third kappa shape index (κ3) is 6.20.